The molecular formula is C22H20O3. The van der Waals surface area contributed by atoms with Gasteiger partial charge in [0.25, 0.3) is 0 Å². The Bertz CT molecular complexity index is 855. The zero-order valence-corrected chi connectivity index (χ0v) is 14.1. The van der Waals surface area contributed by atoms with Crippen molar-refractivity contribution in [3.05, 3.63) is 95.1 Å². The summed E-state index contributed by atoms with van der Waals surface area (Å²) < 4.78 is 5.94. The Hall–Kier alpha value is -3.07. The molecule has 3 aromatic rings. The Labute approximate surface area is 147 Å². The van der Waals surface area contributed by atoms with Gasteiger partial charge in [-0.3, -0.25) is 4.79 Å². The molecule has 3 rings (SSSR count). The molecule has 3 heteroatoms. The van der Waals surface area contributed by atoms with Gasteiger partial charge in [-0.05, 0) is 30.2 Å². The molecule has 0 saturated heterocycles. The van der Waals surface area contributed by atoms with Crippen LogP contribution in [0.15, 0.2) is 72.8 Å². The molecular weight excluding hydrogens is 312 g/mol. The van der Waals surface area contributed by atoms with Gasteiger partial charge in [0.1, 0.15) is 18.1 Å². The van der Waals surface area contributed by atoms with Gasteiger partial charge < -0.3 is 9.84 Å². The first kappa shape index (κ1) is 16.8. The molecule has 0 aromatic heterocycles. The van der Waals surface area contributed by atoms with Gasteiger partial charge in [0.2, 0.25) is 0 Å². The smallest absolute Gasteiger partial charge is 0.163 e. The van der Waals surface area contributed by atoms with Crippen molar-refractivity contribution in [3.8, 4) is 11.5 Å². The molecule has 0 radical (unpaired) electrons. The lowest BCUT2D eigenvalue weighted by atomic mass is 9.98. The summed E-state index contributed by atoms with van der Waals surface area (Å²) in [5.74, 6) is 0.429. The fourth-order valence-corrected chi connectivity index (χ4v) is 2.74. The summed E-state index contributed by atoms with van der Waals surface area (Å²) in [7, 11) is 0. The average molecular weight is 332 g/mol. The highest BCUT2D eigenvalue weighted by Crippen LogP contribution is 2.34. The Morgan fingerprint density at radius 2 is 1.48 bits per heavy atom. The summed E-state index contributed by atoms with van der Waals surface area (Å²) >= 11 is 0. The lowest BCUT2D eigenvalue weighted by molar-refractivity contribution is 0.101. The maximum Gasteiger partial charge on any atom is 0.163 e. The van der Waals surface area contributed by atoms with Crippen LogP contribution < -0.4 is 4.74 Å². The van der Waals surface area contributed by atoms with Crippen molar-refractivity contribution >= 4 is 5.78 Å². The highest BCUT2D eigenvalue weighted by Gasteiger charge is 2.17. The number of hydrogen-bond donors (Lipinski definition) is 1. The number of ketones is 1. The molecule has 0 bridgehead atoms. The average Bonchev–Trinajstić information content (AvgIpc) is 2.63. The lowest BCUT2D eigenvalue weighted by Gasteiger charge is -2.15. The molecule has 1 N–H and O–H groups in total. The van der Waals surface area contributed by atoms with Crippen LogP contribution in [-0.2, 0) is 13.0 Å². The SMILES string of the molecule is CC(=O)c1ccc(OCc2ccccc2)c(Cc2ccccc2)c1O. The van der Waals surface area contributed by atoms with Gasteiger partial charge in [-0.2, -0.15) is 0 Å². The second-order valence-electron chi connectivity index (χ2n) is 5.93. The predicted octanol–water partition coefficient (Wildman–Crippen LogP) is 4.76. The number of benzene rings is 3. The first-order valence-electron chi connectivity index (χ1n) is 8.21. The molecule has 0 atom stereocenters. The highest BCUT2D eigenvalue weighted by atomic mass is 16.5. The van der Waals surface area contributed by atoms with Crippen LogP contribution in [0.5, 0.6) is 11.5 Å². The molecule has 0 spiro atoms. The zero-order chi connectivity index (χ0) is 17.6. The van der Waals surface area contributed by atoms with Crippen molar-refractivity contribution in [3.63, 3.8) is 0 Å². The lowest BCUT2D eigenvalue weighted by Crippen LogP contribution is -2.03. The first-order valence-corrected chi connectivity index (χ1v) is 8.21. The first-order chi connectivity index (χ1) is 12.1. The Balaban J connectivity index is 1.93. The number of aromatic hydroxyl groups is 1. The maximum absolute atomic E-state index is 11.8. The summed E-state index contributed by atoms with van der Waals surface area (Å²) in [4.78, 5) is 11.8. The molecule has 0 aliphatic carbocycles. The minimum atomic E-state index is -0.165. The normalized spacial score (nSPS) is 10.4. The monoisotopic (exact) mass is 332 g/mol. The van der Waals surface area contributed by atoms with E-state index in [9.17, 15) is 9.90 Å². The van der Waals surface area contributed by atoms with Crippen molar-refractivity contribution in [2.45, 2.75) is 20.0 Å². The van der Waals surface area contributed by atoms with Crippen molar-refractivity contribution in [1.82, 2.24) is 0 Å². The van der Waals surface area contributed by atoms with E-state index in [0.29, 0.717) is 29.9 Å². The minimum absolute atomic E-state index is 0.00177. The van der Waals surface area contributed by atoms with Gasteiger partial charge in [0, 0.05) is 12.0 Å². The maximum atomic E-state index is 11.8. The molecule has 3 aromatic carbocycles. The third-order valence-electron chi connectivity index (χ3n) is 4.08. The molecule has 0 amide bonds. The Morgan fingerprint density at radius 3 is 2.08 bits per heavy atom. The highest BCUT2D eigenvalue weighted by molar-refractivity contribution is 5.97. The molecule has 0 aliphatic rings. The third-order valence-corrected chi connectivity index (χ3v) is 4.08. The Morgan fingerprint density at radius 1 is 0.880 bits per heavy atom. The van der Waals surface area contributed by atoms with E-state index in [1.807, 2.05) is 60.7 Å². The molecule has 0 aliphatic heterocycles. The number of ether oxygens (including phenoxy) is 1. The number of carbonyl (C=O) groups excluding carboxylic acids is 1. The standard InChI is InChI=1S/C22H20O3/c1-16(23)19-12-13-21(25-15-18-10-6-3-7-11-18)20(22(19)24)14-17-8-4-2-5-9-17/h2-13,24H,14-15H2,1H3. The van der Waals surface area contributed by atoms with E-state index in [2.05, 4.69) is 0 Å². The number of phenolic OH excluding ortho intramolecular Hbond substituents is 1. The number of Topliss-reactive ketones (excluding diaryl/α,β-unsaturated/α-hetero) is 1. The summed E-state index contributed by atoms with van der Waals surface area (Å²) in [6, 6.07) is 23.0. The van der Waals surface area contributed by atoms with Crippen LogP contribution in [0.4, 0.5) is 0 Å². The predicted molar refractivity (Wildman–Crippen MR) is 98.1 cm³/mol. The van der Waals surface area contributed by atoms with E-state index in [1.165, 1.54) is 6.92 Å². The molecule has 0 unspecified atom stereocenters. The van der Waals surface area contributed by atoms with E-state index < -0.39 is 0 Å². The van der Waals surface area contributed by atoms with E-state index in [1.54, 1.807) is 12.1 Å². The molecule has 25 heavy (non-hydrogen) atoms. The van der Waals surface area contributed by atoms with E-state index in [0.717, 1.165) is 11.1 Å². The fraction of sp³-hybridized carbons (Fsp3) is 0.136. The molecule has 0 heterocycles. The topological polar surface area (TPSA) is 46.5 Å². The van der Waals surface area contributed by atoms with Crippen molar-refractivity contribution in [2.75, 3.05) is 0 Å². The van der Waals surface area contributed by atoms with Crippen LogP contribution in [0.2, 0.25) is 0 Å². The summed E-state index contributed by atoms with van der Waals surface area (Å²) in [5, 5.41) is 10.6. The second-order valence-corrected chi connectivity index (χ2v) is 5.93. The third kappa shape index (κ3) is 4.07. The fourth-order valence-electron chi connectivity index (χ4n) is 2.74. The van der Waals surface area contributed by atoms with E-state index >= 15 is 0 Å². The van der Waals surface area contributed by atoms with E-state index in [4.69, 9.17) is 4.74 Å². The van der Waals surface area contributed by atoms with Crippen LogP contribution in [-0.4, -0.2) is 10.9 Å². The molecule has 126 valence electrons. The molecule has 0 saturated carbocycles. The summed E-state index contributed by atoms with van der Waals surface area (Å²) in [5.41, 5.74) is 3.04. The largest absolute Gasteiger partial charge is 0.507 e. The van der Waals surface area contributed by atoms with Crippen LogP contribution in [0.1, 0.15) is 34.0 Å². The van der Waals surface area contributed by atoms with Crippen LogP contribution in [0.3, 0.4) is 0 Å². The van der Waals surface area contributed by atoms with Crippen LogP contribution >= 0.6 is 0 Å². The van der Waals surface area contributed by atoms with Crippen LogP contribution in [0, 0.1) is 0 Å². The van der Waals surface area contributed by atoms with Crippen LogP contribution in [0.25, 0.3) is 0 Å². The van der Waals surface area contributed by atoms with Gasteiger partial charge >= 0.3 is 0 Å². The van der Waals surface area contributed by atoms with Gasteiger partial charge in [0.05, 0.1) is 5.56 Å². The summed E-state index contributed by atoms with van der Waals surface area (Å²) in [6.45, 7) is 1.85. The zero-order valence-electron chi connectivity index (χ0n) is 14.1. The number of carbonyl (C=O) groups is 1. The van der Waals surface area contributed by atoms with Crippen molar-refractivity contribution in [2.24, 2.45) is 0 Å². The van der Waals surface area contributed by atoms with Gasteiger partial charge in [0.15, 0.2) is 5.78 Å². The number of hydrogen-bond acceptors (Lipinski definition) is 3. The number of rotatable bonds is 6. The summed E-state index contributed by atoms with van der Waals surface area (Å²) in [6.07, 6.45) is 0.498. The molecule has 3 nitrogen and oxygen atoms in total. The Kier molecular flexibility index (Phi) is 5.14. The van der Waals surface area contributed by atoms with E-state index in [-0.39, 0.29) is 11.5 Å². The second kappa shape index (κ2) is 7.67. The van der Waals surface area contributed by atoms with Crippen molar-refractivity contribution in [1.29, 1.82) is 0 Å². The van der Waals surface area contributed by atoms with Gasteiger partial charge in [-0.1, -0.05) is 60.7 Å². The molecule has 0 fully saturated rings. The van der Waals surface area contributed by atoms with Gasteiger partial charge in [-0.25, -0.2) is 0 Å². The number of phenols is 1. The minimum Gasteiger partial charge on any atom is -0.507 e. The van der Waals surface area contributed by atoms with Gasteiger partial charge in [-0.15, -0.1) is 0 Å². The van der Waals surface area contributed by atoms with Crippen molar-refractivity contribution < 1.29 is 14.6 Å². The quantitative estimate of drug-likeness (QED) is 0.662.